The minimum Gasteiger partial charge on any atom is -0.454 e. The molecule has 1 saturated heterocycles. The van der Waals surface area contributed by atoms with Crippen LogP contribution >= 0.6 is 0 Å². The van der Waals surface area contributed by atoms with Gasteiger partial charge in [0.2, 0.25) is 11.8 Å². The molecule has 2 atom stereocenters. The minimum absolute atomic E-state index is 0.0217. The first-order chi connectivity index (χ1) is 21.6. The van der Waals surface area contributed by atoms with Crippen molar-refractivity contribution >= 4 is 33.3 Å². The van der Waals surface area contributed by atoms with Crippen molar-refractivity contribution in [3.63, 3.8) is 0 Å². The van der Waals surface area contributed by atoms with E-state index in [1.165, 1.54) is 4.90 Å². The van der Waals surface area contributed by atoms with Gasteiger partial charge in [0.25, 0.3) is 0 Å². The fourth-order valence-corrected chi connectivity index (χ4v) is 6.45. The van der Waals surface area contributed by atoms with Crippen LogP contribution in [-0.4, -0.2) is 92.8 Å². The summed E-state index contributed by atoms with van der Waals surface area (Å²) in [7, 11) is -4.02. The predicted molar refractivity (Wildman–Crippen MR) is 141 cm³/mol. The number of hydrogen-bond donors (Lipinski definition) is 1. The molecule has 10 nitrogen and oxygen atoms in total. The van der Waals surface area contributed by atoms with E-state index < -0.39 is 96.0 Å². The Balaban J connectivity index is 1.68. The fraction of sp³-hybridized carbons (Fsp3) is 0.444. The monoisotopic (exact) mass is 705 g/mol. The molecule has 0 spiro atoms. The number of likely N-dealkylation sites (tertiary alicyclic amines) is 1. The van der Waals surface area contributed by atoms with Crippen molar-refractivity contribution in [2.45, 2.75) is 48.6 Å². The molecule has 2 aliphatic rings. The Morgan fingerprint density at radius 2 is 1.72 bits per heavy atom. The van der Waals surface area contributed by atoms with Crippen LogP contribution in [0.1, 0.15) is 23.6 Å². The van der Waals surface area contributed by atoms with Crippen molar-refractivity contribution in [1.29, 1.82) is 0 Å². The highest BCUT2D eigenvalue weighted by Gasteiger charge is 2.44. The first-order valence-corrected chi connectivity index (χ1v) is 15.1. The van der Waals surface area contributed by atoms with Crippen molar-refractivity contribution < 1.29 is 71.8 Å². The van der Waals surface area contributed by atoms with Gasteiger partial charge in [-0.25, -0.2) is 13.2 Å². The summed E-state index contributed by atoms with van der Waals surface area (Å²) in [6, 6.07) is 5.39. The van der Waals surface area contributed by atoms with Crippen LogP contribution in [0.15, 0.2) is 47.4 Å². The molecule has 2 aromatic rings. The molecule has 2 amide bonds. The smallest absolute Gasteiger partial charge is 0.454 e. The van der Waals surface area contributed by atoms with Crippen LogP contribution in [0.5, 0.6) is 5.75 Å². The maximum atomic E-state index is 13.9. The third-order valence-electron chi connectivity index (χ3n) is 7.02. The van der Waals surface area contributed by atoms with Gasteiger partial charge in [-0.15, -0.1) is 13.2 Å². The van der Waals surface area contributed by atoms with Crippen LogP contribution in [0.2, 0.25) is 0 Å². The number of rotatable bonds is 9. The number of amides is 2. The summed E-state index contributed by atoms with van der Waals surface area (Å²) < 4.78 is 152. The Kier molecular flexibility index (Phi) is 10.1. The van der Waals surface area contributed by atoms with Gasteiger partial charge in [-0.1, -0.05) is 18.2 Å². The lowest BCUT2D eigenvalue weighted by Gasteiger charge is -2.35. The summed E-state index contributed by atoms with van der Waals surface area (Å²) in [5.74, 6) is -6.27. The van der Waals surface area contributed by atoms with Gasteiger partial charge in [0.1, 0.15) is 24.2 Å². The Bertz CT molecular complexity index is 1630. The number of hydrogen-bond acceptors (Lipinski definition) is 8. The number of ether oxygens (including phenoxy) is 2. The van der Waals surface area contributed by atoms with E-state index in [1.807, 2.05) is 0 Å². The molecule has 2 heterocycles. The van der Waals surface area contributed by atoms with Gasteiger partial charge in [-0.05, 0) is 41.8 Å². The zero-order valence-electron chi connectivity index (χ0n) is 23.7. The Labute approximate surface area is 260 Å². The molecule has 0 radical (unpaired) electrons. The zero-order valence-corrected chi connectivity index (χ0v) is 24.5. The number of fused-ring (bicyclic) bond motifs is 1. The number of halogens is 9. The SMILES string of the molecule is O=C1CS(=O)(=O)c2ccc(CC(=O)N(CC(F)(F)F)[C@H](CN3CC[C@H](OC(=O)C(F)(F)F)C3)c3cccc(OC(F)(F)F)c3)cc2N1. The number of benzene rings is 2. The Morgan fingerprint density at radius 3 is 2.36 bits per heavy atom. The molecule has 2 aromatic carbocycles. The Morgan fingerprint density at radius 1 is 1.02 bits per heavy atom. The number of alkyl halides is 9. The molecule has 0 unspecified atom stereocenters. The van der Waals surface area contributed by atoms with E-state index >= 15 is 0 Å². The first kappa shape index (κ1) is 35.8. The summed E-state index contributed by atoms with van der Waals surface area (Å²) in [5, 5.41) is 2.30. The van der Waals surface area contributed by atoms with Crippen LogP contribution in [0, 0.1) is 0 Å². The van der Waals surface area contributed by atoms with Crippen molar-refractivity contribution in [3.8, 4) is 5.75 Å². The van der Waals surface area contributed by atoms with Crippen LogP contribution in [0.4, 0.5) is 45.2 Å². The summed E-state index contributed by atoms with van der Waals surface area (Å²) in [6.45, 7) is -2.98. The van der Waals surface area contributed by atoms with Gasteiger partial charge in [-0.2, -0.15) is 26.3 Å². The van der Waals surface area contributed by atoms with E-state index in [4.69, 9.17) is 0 Å². The average molecular weight is 706 g/mol. The second-order valence-corrected chi connectivity index (χ2v) is 12.6. The molecule has 0 bridgehead atoms. The third kappa shape index (κ3) is 9.72. The topological polar surface area (TPSA) is 122 Å². The summed E-state index contributed by atoms with van der Waals surface area (Å²) in [6.07, 6.45) is -17.8. The lowest BCUT2D eigenvalue weighted by molar-refractivity contribution is -0.274. The van der Waals surface area contributed by atoms with Gasteiger partial charge in [0.15, 0.2) is 9.84 Å². The largest absolute Gasteiger partial charge is 0.573 e. The molecule has 20 heteroatoms. The first-order valence-electron chi connectivity index (χ1n) is 13.5. The van der Waals surface area contributed by atoms with Crippen LogP contribution in [0.25, 0.3) is 0 Å². The minimum atomic E-state index is -5.31. The molecule has 1 N–H and O–H groups in total. The number of esters is 1. The standard InChI is InChI=1S/C27H24F9N3O7S/c28-25(29,30)14-39(23(41)9-15-4-5-21-19(8-15)37-22(40)13-47(21,43)44)20(16-2-1-3-17(10-16)46-27(34,35)36)12-38-7-6-18(11-38)45-24(42)26(31,32)33/h1-5,8,10,18,20H,6-7,9,11-14H2,(H,37,40)/t18-,20+/m0/s1. The predicted octanol–water partition coefficient (Wildman–Crippen LogP) is 4.17. The highest BCUT2D eigenvalue weighted by atomic mass is 32.2. The highest BCUT2D eigenvalue weighted by Crippen LogP contribution is 2.34. The molecule has 4 rings (SSSR count). The summed E-state index contributed by atoms with van der Waals surface area (Å²) in [4.78, 5) is 38.0. The zero-order chi connectivity index (χ0) is 34.9. The molecule has 0 saturated carbocycles. The normalized spacial score (nSPS) is 19.0. The lowest BCUT2D eigenvalue weighted by atomic mass is 10.0. The van der Waals surface area contributed by atoms with E-state index in [9.17, 15) is 62.3 Å². The van der Waals surface area contributed by atoms with Crippen molar-refractivity contribution in [2.24, 2.45) is 0 Å². The van der Waals surface area contributed by atoms with E-state index in [-0.39, 0.29) is 34.7 Å². The van der Waals surface area contributed by atoms with Crippen LogP contribution < -0.4 is 10.1 Å². The number of carbonyl (C=O) groups excluding carboxylic acids is 3. The molecular weight excluding hydrogens is 681 g/mol. The van der Waals surface area contributed by atoms with Gasteiger partial charge in [0, 0.05) is 19.6 Å². The molecule has 47 heavy (non-hydrogen) atoms. The second kappa shape index (κ2) is 13.2. The molecular formula is C27H24F9N3O7S. The lowest BCUT2D eigenvalue weighted by Crippen LogP contribution is -2.46. The maximum absolute atomic E-state index is 13.9. The van der Waals surface area contributed by atoms with Gasteiger partial charge in [0.05, 0.1) is 23.0 Å². The summed E-state index contributed by atoms with van der Waals surface area (Å²) >= 11 is 0. The third-order valence-corrected chi connectivity index (χ3v) is 8.69. The number of sulfone groups is 1. The molecule has 258 valence electrons. The number of carbonyl (C=O) groups is 3. The molecule has 0 aliphatic carbocycles. The van der Waals surface area contributed by atoms with E-state index in [0.717, 1.165) is 42.5 Å². The number of nitrogens with zero attached hydrogens (tertiary/aromatic N) is 2. The van der Waals surface area contributed by atoms with E-state index in [2.05, 4.69) is 14.8 Å². The average Bonchev–Trinajstić information content (AvgIpc) is 3.34. The molecule has 2 aliphatic heterocycles. The van der Waals surface area contributed by atoms with Gasteiger partial charge >= 0.3 is 24.7 Å². The van der Waals surface area contributed by atoms with E-state index in [0.29, 0.717) is 4.90 Å². The highest BCUT2D eigenvalue weighted by molar-refractivity contribution is 7.92. The summed E-state index contributed by atoms with van der Waals surface area (Å²) in [5.41, 5.74) is -0.491. The molecule has 0 aromatic heterocycles. The number of nitrogens with one attached hydrogen (secondary N) is 1. The second-order valence-electron chi connectivity index (χ2n) is 10.7. The van der Waals surface area contributed by atoms with Crippen molar-refractivity contribution in [3.05, 3.63) is 53.6 Å². The maximum Gasteiger partial charge on any atom is 0.573 e. The van der Waals surface area contributed by atoms with Crippen molar-refractivity contribution in [1.82, 2.24) is 9.80 Å². The van der Waals surface area contributed by atoms with Crippen LogP contribution in [-0.2, 0) is 35.4 Å². The number of anilines is 1. The molecule has 1 fully saturated rings. The fourth-order valence-electron chi connectivity index (χ4n) is 5.16. The Hall–Kier alpha value is -4.07. The van der Waals surface area contributed by atoms with Crippen molar-refractivity contribution in [2.75, 3.05) is 37.2 Å². The quantitative estimate of drug-likeness (QED) is 0.305. The van der Waals surface area contributed by atoms with Gasteiger partial charge in [-0.3, -0.25) is 14.5 Å². The van der Waals surface area contributed by atoms with Crippen LogP contribution in [0.3, 0.4) is 0 Å². The van der Waals surface area contributed by atoms with E-state index in [1.54, 1.807) is 0 Å². The van der Waals surface area contributed by atoms with Gasteiger partial charge < -0.3 is 19.7 Å².